The zero-order valence-corrected chi connectivity index (χ0v) is 17.5. The van der Waals surface area contributed by atoms with Crippen molar-refractivity contribution in [3.05, 3.63) is 17.0 Å². The quantitative estimate of drug-likeness (QED) is 0.817. The summed E-state index contributed by atoms with van der Waals surface area (Å²) < 4.78 is 1.85. The summed E-state index contributed by atoms with van der Waals surface area (Å²) in [6.45, 7) is 11.4. The van der Waals surface area contributed by atoms with Gasteiger partial charge in [0.25, 0.3) is 0 Å². The van der Waals surface area contributed by atoms with Crippen molar-refractivity contribution in [3.63, 3.8) is 0 Å². The molecule has 1 aromatic heterocycles. The van der Waals surface area contributed by atoms with Crippen LogP contribution < -0.4 is 0 Å². The highest BCUT2D eigenvalue weighted by molar-refractivity contribution is 5.84. The molecule has 0 radical (unpaired) electrons. The Bertz CT molecular complexity index is 695. The van der Waals surface area contributed by atoms with Crippen LogP contribution in [0.1, 0.15) is 62.4 Å². The predicted octanol–water partition coefficient (Wildman–Crippen LogP) is 2.64. The van der Waals surface area contributed by atoms with Gasteiger partial charge < -0.3 is 9.80 Å². The normalized spacial score (nSPS) is 20.8. The van der Waals surface area contributed by atoms with Crippen molar-refractivity contribution in [3.8, 4) is 0 Å². The van der Waals surface area contributed by atoms with Gasteiger partial charge in [0.15, 0.2) is 0 Å². The number of likely N-dealkylation sites (tertiary alicyclic amines) is 2. The molecule has 0 aromatic carbocycles. The number of hydrogen-bond donors (Lipinski definition) is 0. The topological polar surface area (TPSA) is 58.4 Å². The molecule has 3 heterocycles. The van der Waals surface area contributed by atoms with Crippen LogP contribution in [0.4, 0.5) is 0 Å². The predicted molar refractivity (Wildman–Crippen MR) is 105 cm³/mol. The number of piperidine rings is 2. The van der Waals surface area contributed by atoms with Crippen molar-refractivity contribution >= 4 is 11.8 Å². The van der Waals surface area contributed by atoms with Crippen molar-refractivity contribution in [1.29, 1.82) is 0 Å². The fourth-order valence-corrected chi connectivity index (χ4v) is 4.65. The maximum absolute atomic E-state index is 13.0. The van der Waals surface area contributed by atoms with Gasteiger partial charge >= 0.3 is 0 Å². The number of nitrogens with zero attached hydrogens (tertiary/aromatic N) is 4. The van der Waals surface area contributed by atoms with Gasteiger partial charge in [-0.05, 0) is 52.4 Å². The third-order valence-electron chi connectivity index (χ3n) is 6.62. The van der Waals surface area contributed by atoms with E-state index in [2.05, 4.69) is 12.0 Å². The molecule has 0 bridgehead atoms. The van der Waals surface area contributed by atoms with E-state index >= 15 is 0 Å². The molecule has 150 valence electrons. The van der Waals surface area contributed by atoms with Crippen LogP contribution in [0.5, 0.6) is 0 Å². The molecule has 1 atom stereocenters. The van der Waals surface area contributed by atoms with Gasteiger partial charge in [-0.15, -0.1) is 0 Å². The molecule has 2 saturated heterocycles. The number of carbonyl (C=O) groups is 2. The molecule has 0 N–H and O–H groups in total. The first-order valence-electron chi connectivity index (χ1n) is 10.4. The minimum Gasteiger partial charge on any atom is -0.342 e. The fraction of sp³-hybridized carbons (Fsp3) is 0.762. The van der Waals surface area contributed by atoms with E-state index in [0.29, 0.717) is 19.0 Å². The summed E-state index contributed by atoms with van der Waals surface area (Å²) in [6.07, 6.45) is 3.80. The summed E-state index contributed by atoms with van der Waals surface area (Å²) in [5.74, 6) is 1.09. The van der Waals surface area contributed by atoms with Gasteiger partial charge in [-0.2, -0.15) is 5.10 Å². The Morgan fingerprint density at radius 2 is 1.56 bits per heavy atom. The third-order valence-corrected chi connectivity index (χ3v) is 6.62. The summed E-state index contributed by atoms with van der Waals surface area (Å²) in [6, 6.07) is 0. The molecular formula is C21H34N4O2. The SMILES string of the molecule is Cc1nn(C)c(C)c1C(C)C(=O)N1CCC(C(=O)N2CCC(C)CC2)CC1. The first-order valence-corrected chi connectivity index (χ1v) is 10.4. The van der Waals surface area contributed by atoms with E-state index in [1.807, 2.05) is 42.3 Å². The Morgan fingerprint density at radius 3 is 2.07 bits per heavy atom. The highest BCUT2D eigenvalue weighted by Gasteiger charge is 2.33. The van der Waals surface area contributed by atoms with E-state index in [4.69, 9.17) is 0 Å². The molecule has 0 spiro atoms. The third kappa shape index (κ3) is 4.04. The molecule has 6 nitrogen and oxygen atoms in total. The van der Waals surface area contributed by atoms with E-state index in [0.717, 1.165) is 61.6 Å². The zero-order valence-electron chi connectivity index (χ0n) is 17.5. The summed E-state index contributed by atoms with van der Waals surface area (Å²) in [5, 5.41) is 4.45. The monoisotopic (exact) mass is 374 g/mol. The van der Waals surface area contributed by atoms with Gasteiger partial charge in [0.05, 0.1) is 11.6 Å². The lowest BCUT2D eigenvalue weighted by Gasteiger charge is -2.37. The molecular weight excluding hydrogens is 340 g/mol. The lowest BCUT2D eigenvalue weighted by atomic mass is 9.91. The van der Waals surface area contributed by atoms with Crippen LogP contribution in [0.15, 0.2) is 0 Å². The lowest BCUT2D eigenvalue weighted by molar-refractivity contribution is -0.142. The second-order valence-corrected chi connectivity index (χ2v) is 8.54. The van der Waals surface area contributed by atoms with E-state index in [1.165, 1.54) is 0 Å². The van der Waals surface area contributed by atoms with Crippen LogP contribution in [-0.4, -0.2) is 57.6 Å². The van der Waals surface area contributed by atoms with Crippen molar-refractivity contribution in [2.24, 2.45) is 18.9 Å². The molecule has 0 saturated carbocycles. The smallest absolute Gasteiger partial charge is 0.229 e. The molecule has 6 heteroatoms. The van der Waals surface area contributed by atoms with E-state index in [-0.39, 0.29) is 17.7 Å². The first kappa shape index (κ1) is 19.9. The maximum atomic E-state index is 13.0. The molecule has 0 aliphatic carbocycles. The van der Waals surface area contributed by atoms with Gasteiger partial charge in [-0.1, -0.05) is 6.92 Å². The highest BCUT2D eigenvalue weighted by atomic mass is 16.2. The average Bonchev–Trinajstić information content (AvgIpc) is 2.92. The standard InChI is InChI=1S/C21H34N4O2/c1-14-6-10-25(11-7-14)21(27)18-8-12-24(13-9-18)20(26)15(2)19-16(3)22-23(5)17(19)4/h14-15,18H,6-13H2,1-5H3. The fourth-order valence-electron chi connectivity index (χ4n) is 4.65. The van der Waals surface area contributed by atoms with Crippen LogP contribution in [0.2, 0.25) is 0 Å². The Morgan fingerprint density at radius 1 is 1.00 bits per heavy atom. The second kappa shape index (κ2) is 8.03. The number of aromatic nitrogens is 2. The summed E-state index contributed by atoms with van der Waals surface area (Å²) in [7, 11) is 1.92. The molecule has 2 aliphatic rings. The van der Waals surface area contributed by atoms with Crippen molar-refractivity contribution < 1.29 is 9.59 Å². The summed E-state index contributed by atoms with van der Waals surface area (Å²) in [5.41, 5.74) is 3.03. The van der Waals surface area contributed by atoms with Crippen molar-refractivity contribution in [2.75, 3.05) is 26.2 Å². The van der Waals surface area contributed by atoms with E-state index < -0.39 is 0 Å². The minimum absolute atomic E-state index is 0.0830. The van der Waals surface area contributed by atoms with Gasteiger partial charge in [0.2, 0.25) is 11.8 Å². The lowest BCUT2D eigenvalue weighted by Crippen LogP contribution is -2.47. The van der Waals surface area contributed by atoms with Gasteiger partial charge in [-0.25, -0.2) is 0 Å². The van der Waals surface area contributed by atoms with Crippen LogP contribution >= 0.6 is 0 Å². The maximum Gasteiger partial charge on any atom is 0.229 e. The van der Waals surface area contributed by atoms with Gasteiger partial charge in [0.1, 0.15) is 0 Å². The molecule has 2 amide bonds. The number of carbonyl (C=O) groups excluding carboxylic acids is 2. The van der Waals surface area contributed by atoms with Crippen LogP contribution in [0.3, 0.4) is 0 Å². The molecule has 3 rings (SSSR count). The average molecular weight is 375 g/mol. The highest BCUT2D eigenvalue weighted by Crippen LogP contribution is 2.28. The van der Waals surface area contributed by atoms with Crippen molar-refractivity contribution in [2.45, 2.75) is 59.3 Å². The Balaban J connectivity index is 1.57. The van der Waals surface area contributed by atoms with Crippen LogP contribution in [0.25, 0.3) is 0 Å². The Kier molecular flexibility index (Phi) is 5.92. The molecule has 1 aromatic rings. The van der Waals surface area contributed by atoms with Gasteiger partial charge in [-0.3, -0.25) is 14.3 Å². The van der Waals surface area contributed by atoms with Crippen LogP contribution in [-0.2, 0) is 16.6 Å². The van der Waals surface area contributed by atoms with E-state index in [1.54, 1.807) is 0 Å². The van der Waals surface area contributed by atoms with Crippen LogP contribution in [0, 0.1) is 25.7 Å². The van der Waals surface area contributed by atoms with Gasteiger partial charge in [0, 0.05) is 50.4 Å². The second-order valence-electron chi connectivity index (χ2n) is 8.54. The number of aryl methyl sites for hydroxylation is 2. The number of amides is 2. The number of hydrogen-bond acceptors (Lipinski definition) is 3. The minimum atomic E-state index is -0.186. The molecule has 2 aliphatic heterocycles. The largest absolute Gasteiger partial charge is 0.342 e. The summed E-state index contributed by atoms with van der Waals surface area (Å²) >= 11 is 0. The first-order chi connectivity index (χ1) is 12.8. The summed E-state index contributed by atoms with van der Waals surface area (Å²) in [4.78, 5) is 29.8. The van der Waals surface area contributed by atoms with E-state index in [9.17, 15) is 9.59 Å². The molecule has 2 fully saturated rings. The number of rotatable bonds is 3. The Labute approximate surface area is 162 Å². The molecule has 1 unspecified atom stereocenters. The zero-order chi connectivity index (χ0) is 19.7. The molecule has 27 heavy (non-hydrogen) atoms. The van der Waals surface area contributed by atoms with Crippen molar-refractivity contribution in [1.82, 2.24) is 19.6 Å². The Hall–Kier alpha value is -1.85.